The largest absolute Gasteiger partial charge is 0.478 e. The highest BCUT2D eigenvalue weighted by Crippen LogP contribution is 2.46. The molecule has 0 aliphatic carbocycles. The van der Waals surface area contributed by atoms with Crippen molar-refractivity contribution in [1.29, 1.82) is 0 Å². The maximum atomic E-state index is 13.4. The Hall–Kier alpha value is -2.32. The molecule has 2 aromatic rings. The molecule has 0 radical (unpaired) electrons. The molecule has 160 valence electrons. The van der Waals surface area contributed by atoms with Crippen molar-refractivity contribution in [3.63, 3.8) is 0 Å². The van der Waals surface area contributed by atoms with Gasteiger partial charge in [0.2, 0.25) is 0 Å². The van der Waals surface area contributed by atoms with Crippen molar-refractivity contribution < 1.29 is 23.1 Å². The molecule has 0 atom stereocenters. The van der Waals surface area contributed by atoms with Gasteiger partial charge in [-0.15, -0.1) is 0 Å². The van der Waals surface area contributed by atoms with Crippen LogP contribution >= 0.6 is 15.9 Å². The molecule has 0 unspecified atom stereocenters. The van der Waals surface area contributed by atoms with Crippen molar-refractivity contribution in [2.75, 3.05) is 17.2 Å². The smallest absolute Gasteiger partial charge is 0.331 e. The molecule has 6 nitrogen and oxygen atoms in total. The number of rotatable bonds is 6. The Morgan fingerprint density at radius 2 is 1.90 bits per heavy atom. The first kappa shape index (κ1) is 22.4. The summed E-state index contributed by atoms with van der Waals surface area (Å²) >= 11 is 3.44. The summed E-state index contributed by atoms with van der Waals surface area (Å²) in [5, 5.41) is 8.76. The van der Waals surface area contributed by atoms with Crippen LogP contribution in [0.5, 0.6) is 5.75 Å². The molecule has 0 saturated carbocycles. The van der Waals surface area contributed by atoms with E-state index in [1.54, 1.807) is 6.07 Å². The molecule has 0 amide bonds. The summed E-state index contributed by atoms with van der Waals surface area (Å²) in [6.45, 7) is 4.63. The zero-order valence-electron chi connectivity index (χ0n) is 16.8. The second kappa shape index (κ2) is 8.81. The fourth-order valence-electron chi connectivity index (χ4n) is 3.70. The summed E-state index contributed by atoms with van der Waals surface area (Å²) in [7, 11) is -3.61. The summed E-state index contributed by atoms with van der Waals surface area (Å²) in [5.41, 5.74) is 1.09. The van der Waals surface area contributed by atoms with Crippen molar-refractivity contribution in [3.05, 3.63) is 59.3 Å². The highest BCUT2D eigenvalue weighted by atomic mass is 79.9. The van der Waals surface area contributed by atoms with E-state index in [1.807, 2.05) is 44.2 Å². The third-order valence-electron chi connectivity index (χ3n) is 5.60. The Kier molecular flexibility index (Phi) is 6.57. The Balaban J connectivity index is 2.21. The summed E-state index contributed by atoms with van der Waals surface area (Å²) < 4.78 is 32.8. The van der Waals surface area contributed by atoms with E-state index in [-0.39, 0.29) is 16.4 Å². The quantitative estimate of drug-likeness (QED) is 0.441. The zero-order valence-corrected chi connectivity index (χ0v) is 19.2. The summed E-state index contributed by atoms with van der Waals surface area (Å²) in [4.78, 5) is 12.9. The maximum absolute atomic E-state index is 13.4. The molecule has 3 rings (SSSR count). The van der Waals surface area contributed by atoms with Crippen LogP contribution in [0.15, 0.2) is 64.2 Å². The van der Waals surface area contributed by atoms with E-state index in [4.69, 9.17) is 9.84 Å². The molecule has 2 aromatic carbocycles. The van der Waals surface area contributed by atoms with E-state index in [0.29, 0.717) is 16.7 Å². The average Bonchev–Trinajstić information content (AvgIpc) is 2.81. The molecule has 30 heavy (non-hydrogen) atoms. The van der Waals surface area contributed by atoms with Gasteiger partial charge in [0.25, 0.3) is 0 Å². The van der Waals surface area contributed by atoms with Crippen molar-refractivity contribution >= 4 is 43.1 Å². The number of ether oxygens (including phenoxy) is 1. The third-order valence-corrected chi connectivity index (χ3v) is 8.21. The molecule has 8 heteroatoms. The number of halogens is 1. The molecule has 1 aliphatic rings. The molecule has 1 N–H and O–H groups in total. The lowest BCUT2D eigenvalue weighted by molar-refractivity contribution is -0.131. The number of aliphatic carboxylic acids is 1. The molecule has 0 saturated heterocycles. The number of benzene rings is 2. The fourth-order valence-corrected chi connectivity index (χ4v) is 6.36. The molecule has 0 spiro atoms. The minimum absolute atomic E-state index is 0.0371. The first-order valence-corrected chi connectivity index (χ1v) is 12.1. The Morgan fingerprint density at radius 3 is 2.50 bits per heavy atom. The number of carboxylic acids is 1. The minimum atomic E-state index is -3.61. The second-order valence-corrected chi connectivity index (χ2v) is 10.2. The van der Waals surface area contributed by atoms with Gasteiger partial charge in [0.15, 0.2) is 9.84 Å². The average molecular weight is 494 g/mol. The first-order chi connectivity index (χ1) is 14.2. The second-order valence-electron chi connectivity index (χ2n) is 7.40. The van der Waals surface area contributed by atoms with Crippen LogP contribution in [0.3, 0.4) is 0 Å². The predicted octanol–water partition coefficient (Wildman–Crippen LogP) is 5.16. The van der Waals surface area contributed by atoms with Gasteiger partial charge in [-0.25, -0.2) is 13.2 Å². The van der Waals surface area contributed by atoms with Gasteiger partial charge >= 0.3 is 5.97 Å². The number of hydrogen-bond donors (Lipinski definition) is 1. The lowest BCUT2D eigenvalue weighted by Gasteiger charge is -2.35. The van der Waals surface area contributed by atoms with Crippen LogP contribution in [0, 0.1) is 5.41 Å². The van der Waals surface area contributed by atoms with Crippen LogP contribution in [0.4, 0.5) is 11.4 Å². The van der Waals surface area contributed by atoms with Crippen LogP contribution in [0.25, 0.3) is 0 Å². The highest BCUT2D eigenvalue weighted by Gasteiger charge is 2.41. The van der Waals surface area contributed by atoms with E-state index in [2.05, 4.69) is 20.8 Å². The first-order valence-electron chi connectivity index (χ1n) is 9.66. The summed E-state index contributed by atoms with van der Waals surface area (Å²) in [6.07, 6.45) is 3.33. The number of para-hydroxylation sites is 1. The van der Waals surface area contributed by atoms with Gasteiger partial charge in [-0.2, -0.15) is 0 Å². The van der Waals surface area contributed by atoms with E-state index >= 15 is 0 Å². The number of anilines is 2. The number of hydrogen-bond acceptors (Lipinski definition) is 5. The zero-order chi connectivity index (χ0) is 21.9. The van der Waals surface area contributed by atoms with Crippen LogP contribution < -0.4 is 9.64 Å². The van der Waals surface area contributed by atoms with Gasteiger partial charge in [-0.1, -0.05) is 32.0 Å². The van der Waals surface area contributed by atoms with Crippen molar-refractivity contribution in [3.8, 4) is 5.75 Å². The fraction of sp³-hybridized carbons (Fsp3) is 0.318. The van der Waals surface area contributed by atoms with Crippen molar-refractivity contribution in [2.24, 2.45) is 5.41 Å². The minimum Gasteiger partial charge on any atom is -0.478 e. The molecular weight excluding hydrogens is 470 g/mol. The van der Waals surface area contributed by atoms with Gasteiger partial charge < -0.3 is 14.7 Å². The molecular formula is C22H24BrNO5S. The number of sulfone groups is 1. The monoisotopic (exact) mass is 493 g/mol. The van der Waals surface area contributed by atoms with Gasteiger partial charge in [0.05, 0.1) is 33.1 Å². The molecule has 0 bridgehead atoms. The molecule has 0 fully saturated rings. The van der Waals surface area contributed by atoms with Crippen LogP contribution in [-0.4, -0.2) is 31.8 Å². The standard InChI is InChI=1S/C22H24BrNO5S/c1-3-22(4-2)14-24(16-8-6-5-7-9-16)18-12-17(23)19(29-11-10-21(25)26)13-20(18)30(27,28)15-22/h5-13H,3-4,14-15H2,1-2H3,(H,25,26)/b11-10+. The molecule has 0 aromatic heterocycles. The van der Waals surface area contributed by atoms with Crippen LogP contribution in [-0.2, 0) is 14.6 Å². The normalized spacial score (nSPS) is 17.4. The predicted molar refractivity (Wildman–Crippen MR) is 120 cm³/mol. The number of nitrogens with zero attached hydrogens (tertiary/aromatic N) is 1. The Bertz CT molecular complexity index is 1060. The molecule has 1 heterocycles. The lowest BCUT2D eigenvalue weighted by Crippen LogP contribution is -2.37. The highest BCUT2D eigenvalue weighted by molar-refractivity contribution is 9.10. The SMILES string of the molecule is CCC1(CC)CN(c2ccccc2)c2cc(Br)c(O/C=C/C(=O)O)cc2S(=O)(=O)C1. The van der Waals surface area contributed by atoms with Crippen LogP contribution in [0.2, 0.25) is 0 Å². The van der Waals surface area contributed by atoms with Crippen LogP contribution in [0.1, 0.15) is 26.7 Å². The Morgan fingerprint density at radius 1 is 1.23 bits per heavy atom. The van der Waals surface area contributed by atoms with Gasteiger partial charge in [0.1, 0.15) is 5.75 Å². The van der Waals surface area contributed by atoms with Gasteiger partial charge in [-0.05, 0) is 47.0 Å². The number of fused-ring (bicyclic) bond motifs is 1. The summed E-state index contributed by atoms with van der Waals surface area (Å²) in [5.74, 6) is -0.877. The number of carboxylic acid groups (broad SMARTS) is 1. The maximum Gasteiger partial charge on any atom is 0.331 e. The molecule has 1 aliphatic heterocycles. The number of carbonyl (C=O) groups is 1. The van der Waals surface area contributed by atoms with Gasteiger partial charge in [-0.3, -0.25) is 0 Å². The van der Waals surface area contributed by atoms with E-state index < -0.39 is 21.2 Å². The van der Waals surface area contributed by atoms with E-state index in [0.717, 1.165) is 30.9 Å². The Labute approximate surface area is 185 Å². The third kappa shape index (κ3) is 4.54. The van der Waals surface area contributed by atoms with Crippen molar-refractivity contribution in [2.45, 2.75) is 31.6 Å². The van der Waals surface area contributed by atoms with E-state index in [9.17, 15) is 13.2 Å². The topological polar surface area (TPSA) is 83.9 Å². The van der Waals surface area contributed by atoms with Gasteiger partial charge in [0, 0.05) is 23.7 Å². The lowest BCUT2D eigenvalue weighted by atomic mass is 9.83. The van der Waals surface area contributed by atoms with E-state index in [1.165, 1.54) is 6.07 Å². The summed E-state index contributed by atoms with van der Waals surface area (Å²) in [6, 6.07) is 12.9. The van der Waals surface area contributed by atoms with Crippen molar-refractivity contribution in [1.82, 2.24) is 0 Å².